The Labute approximate surface area is 106 Å². The van der Waals surface area contributed by atoms with Crippen LogP contribution < -0.4 is 5.73 Å². The molecule has 1 saturated carbocycles. The van der Waals surface area contributed by atoms with Crippen LogP contribution in [-0.4, -0.2) is 12.3 Å². The molecule has 0 spiro atoms. The summed E-state index contributed by atoms with van der Waals surface area (Å²) in [5.74, 6) is 2.69. The van der Waals surface area contributed by atoms with E-state index in [9.17, 15) is 4.79 Å². The molecule has 0 aromatic heterocycles. The van der Waals surface area contributed by atoms with E-state index in [0.29, 0.717) is 36.5 Å². The molecule has 2 N–H and O–H groups in total. The van der Waals surface area contributed by atoms with Crippen LogP contribution in [0.5, 0.6) is 0 Å². The lowest BCUT2D eigenvalue weighted by Gasteiger charge is -2.26. The van der Waals surface area contributed by atoms with Crippen molar-refractivity contribution in [3.8, 4) is 0 Å². The molecule has 2 nitrogen and oxygen atoms in total. The molecule has 0 bridgehead atoms. The van der Waals surface area contributed by atoms with Gasteiger partial charge in [0.15, 0.2) is 0 Å². The van der Waals surface area contributed by atoms with Gasteiger partial charge in [-0.15, -0.1) is 0 Å². The molecule has 0 aromatic carbocycles. The number of carbonyl (C=O) groups excluding carboxylic acids is 1. The Morgan fingerprint density at radius 3 is 2.29 bits per heavy atom. The molecule has 1 fully saturated rings. The van der Waals surface area contributed by atoms with Gasteiger partial charge in [0.2, 0.25) is 0 Å². The Bertz CT molecular complexity index is 229. The fourth-order valence-electron chi connectivity index (χ4n) is 2.96. The molecule has 100 valence electrons. The van der Waals surface area contributed by atoms with Gasteiger partial charge < -0.3 is 5.73 Å². The van der Waals surface area contributed by atoms with Gasteiger partial charge in [-0.3, -0.25) is 4.79 Å². The largest absolute Gasteiger partial charge is 0.330 e. The molecule has 0 aliphatic heterocycles. The summed E-state index contributed by atoms with van der Waals surface area (Å²) >= 11 is 0. The summed E-state index contributed by atoms with van der Waals surface area (Å²) in [6.07, 6.45) is 6.48. The van der Waals surface area contributed by atoms with Crippen molar-refractivity contribution in [2.75, 3.05) is 6.54 Å². The van der Waals surface area contributed by atoms with Gasteiger partial charge in [-0.1, -0.05) is 33.6 Å². The van der Waals surface area contributed by atoms with Gasteiger partial charge in [-0.25, -0.2) is 0 Å². The first-order chi connectivity index (χ1) is 8.02. The highest BCUT2D eigenvalue weighted by atomic mass is 16.1. The first-order valence-corrected chi connectivity index (χ1v) is 7.25. The van der Waals surface area contributed by atoms with Crippen LogP contribution in [-0.2, 0) is 4.79 Å². The van der Waals surface area contributed by atoms with Crippen LogP contribution in [0.25, 0.3) is 0 Å². The molecule has 1 rings (SSSR count). The summed E-state index contributed by atoms with van der Waals surface area (Å²) in [5.41, 5.74) is 5.77. The molecule has 0 aromatic rings. The molecular weight excluding hydrogens is 210 g/mol. The number of hydrogen-bond donors (Lipinski definition) is 1. The smallest absolute Gasteiger partial charge is 0.136 e. The van der Waals surface area contributed by atoms with Gasteiger partial charge in [0.25, 0.3) is 0 Å². The Morgan fingerprint density at radius 1 is 1.24 bits per heavy atom. The molecule has 0 heterocycles. The zero-order valence-corrected chi connectivity index (χ0v) is 11.7. The molecule has 0 saturated heterocycles. The van der Waals surface area contributed by atoms with Crippen molar-refractivity contribution >= 4 is 5.78 Å². The van der Waals surface area contributed by atoms with Gasteiger partial charge in [0, 0.05) is 12.3 Å². The van der Waals surface area contributed by atoms with Gasteiger partial charge in [0.05, 0.1) is 0 Å². The van der Waals surface area contributed by atoms with E-state index in [2.05, 4.69) is 20.8 Å². The third kappa shape index (κ3) is 5.20. The molecule has 1 aliphatic rings. The molecular formula is C15H29NO. The molecule has 17 heavy (non-hydrogen) atoms. The zero-order valence-electron chi connectivity index (χ0n) is 11.7. The molecule has 1 aliphatic carbocycles. The van der Waals surface area contributed by atoms with Crippen molar-refractivity contribution in [1.29, 1.82) is 0 Å². The second-order valence-electron chi connectivity index (χ2n) is 6.36. The first kappa shape index (κ1) is 14.7. The van der Waals surface area contributed by atoms with Gasteiger partial charge in [0.1, 0.15) is 5.78 Å². The summed E-state index contributed by atoms with van der Waals surface area (Å²) in [5, 5.41) is 0. The molecule has 0 amide bonds. The van der Waals surface area contributed by atoms with Gasteiger partial charge in [-0.2, -0.15) is 0 Å². The van der Waals surface area contributed by atoms with Crippen LogP contribution in [0.3, 0.4) is 0 Å². The Hall–Kier alpha value is -0.370. The minimum absolute atomic E-state index is 0.340. The molecule has 1 atom stereocenters. The van der Waals surface area contributed by atoms with E-state index < -0.39 is 0 Å². The van der Waals surface area contributed by atoms with E-state index in [1.165, 1.54) is 12.8 Å². The van der Waals surface area contributed by atoms with Gasteiger partial charge >= 0.3 is 0 Å². The third-order valence-electron chi connectivity index (χ3n) is 4.10. The van der Waals surface area contributed by atoms with E-state index in [1.54, 1.807) is 0 Å². The van der Waals surface area contributed by atoms with E-state index in [1.807, 2.05) is 0 Å². The fourth-order valence-corrected chi connectivity index (χ4v) is 2.96. The summed E-state index contributed by atoms with van der Waals surface area (Å²) in [4.78, 5) is 12.2. The monoisotopic (exact) mass is 239 g/mol. The van der Waals surface area contributed by atoms with Crippen LogP contribution in [0.2, 0.25) is 0 Å². The number of ketones is 1. The van der Waals surface area contributed by atoms with E-state index in [-0.39, 0.29) is 0 Å². The minimum Gasteiger partial charge on any atom is -0.330 e. The Kier molecular flexibility index (Phi) is 6.18. The van der Waals surface area contributed by atoms with Crippen molar-refractivity contribution in [1.82, 2.24) is 0 Å². The van der Waals surface area contributed by atoms with Crippen molar-refractivity contribution in [2.24, 2.45) is 29.4 Å². The SMILES string of the molecule is CC(C)CC(CN)CC(=O)C1CCC(C)CC1. The summed E-state index contributed by atoms with van der Waals surface area (Å²) in [6.45, 7) is 7.36. The normalized spacial score (nSPS) is 27.1. The highest BCUT2D eigenvalue weighted by Crippen LogP contribution is 2.30. The lowest BCUT2D eigenvalue weighted by Crippen LogP contribution is -2.26. The Balaban J connectivity index is 2.36. The van der Waals surface area contributed by atoms with Crippen LogP contribution in [0.15, 0.2) is 0 Å². The summed E-state index contributed by atoms with van der Waals surface area (Å²) in [6, 6.07) is 0. The molecule has 0 radical (unpaired) electrons. The van der Waals surface area contributed by atoms with Crippen molar-refractivity contribution in [3.05, 3.63) is 0 Å². The van der Waals surface area contributed by atoms with Crippen molar-refractivity contribution in [3.63, 3.8) is 0 Å². The number of Topliss-reactive ketones (excluding diaryl/α,β-unsaturated/α-hetero) is 1. The lowest BCUT2D eigenvalue weighted by atomic mass is 9.78. The van der Waals surface area contributed by atoms with E-state index in [0.717, 1.165) is 25.2 Å². The van der Waals surface area contributed by atoms with Crippen molar-refractivity contribution in [2.45, 2.75) is 59.3 Å². The maximum Gasteiger partial charge on any atom is 0.136 e. The average molecular weight is 239 g/mol. The lowest BCUT2D eigenvalue weighted by molar-refractivity contribution is -0.125. The maximum absolute atomic E-state index is 12.2. The second-order valence-corrected chi connectivity index (χ2v) is 6.36. The van der Waals surface area contributed by atoms with Crippen molar-refractivity contribution < 1.29 is 4.79 Å². The van der Waals surface area contributed by atoms with Crippen LogP contribution >= 0.6 is 0 Å². The number of rotatable bonds is 6. The van der Waals surface area contributed by atoms with Gasteiger partial charge in [-0.05, 0) is 43.6 Å². The quantitative estimate of drug-likeness (QED) is 0.772. The maximum atomic E-state index is 12.2. The highest BCUT2D eigenvalue weighted by Gasteiger charge is 2.25. The predicted octanol–water partition coefficient (Wildman–Crippen LogP) is 3.39. The van der Waals surface area contributed by atoms with E-state index >= 15 is 0 Å². The van der Waals surface area contributed by atoms with E-state index in [4.69, 9.17) is 5.73 Å². The topological polar surface area (TPSA) is 43.1 Å². The third-order valence-corrected chi connectivity index (χ3v) is 4.10. The molecule has 1 unspecified atom stereocenters. The average Bonchev–Trinajstić information content (AvgIpc) is 2.28. The summed E-state index contributed by atoms with van der Waals surface area (Å²) < 4.78 is 0. The molecule has 2 heteroatoms. The summed E-state index contributed by atoms with van der Waals surface area (Å²) in [7, 11) is 0. The number of nitrogens with two attached hydrogens (primary N) is 1. The first-order valence-electron chi connectivity index (χ1n) is 7.25. The standard InChI is InChI=1S/C15H29NO/c1-11(2)8-13(10-16)9-15(17)14-6-4-12(3)5-7-14/h11-14H,4-10,16H2,1-3H3. The number of carbonyl (C=O) groups is 1. The zero-order chi connectivity index (χ0) is 12.8. The highest BCUT2D eigenvalue weighted by molar-refractivity contribution is 5.81. The minimum atomic E-state index is 0.340. The van der Waals surface area contributed by atoms with Crippen LogP contribution in [0.1, 0.15) is 59.3 Å². The Morgan fingerprint density at radius 2 is 1.82 bits per heavy atom. The van der Waals surface area contributed by atoms with Crippen LogP contribution in [0.4, 0.5) is 0 Å². The predicted molar refractivity (Wildman–Crippen MR) is 72.7 cm³/mol. The second kappa shape index (κ2) is 7.15. The number of hydrogen-bond acceptors (Lipinski definition) is 2. The fraction of sp³-hybridized carbons (Fsp3) is 0.933. The van der Waals surface area contributed by atoms with Crippen LogP contribution in [0, 0.1) is 23.7 Å².